The number of nitrogens with one attached hydrogen (secondary N) is 1. The summed E-state index contributed by atoms with van der Waals surface area (Å²) in [5.41, 5.74) is 1.05. The molecule has 60 valence electrons. The first-order valence-electron chi connectivity index (χ1n) is 3.72. The van der Waals surface area contributed by atoms with E-state index in [9.17, 15) is 0 Å². The van der Waals surface area contributed by atoms with Gasteiger partial charge in [-0.2, -0.15) is 4.90 Å². The van der Waals surface area contributed by atoms with Crippen LogP contribution < -0.4 is 34.9 Å². The van der Waals surface area contributed by atoms with Crippen LogP contribution in [0.4, 0.5) is 5.69 Å². The Labute approximate surface area is 102 Å². The van der Waals surface area contributed by atoms with Crippen LogP contribution in [0.1, 0.15) is 13.8 Å². The first kappa shape index (κ1) is 12.2. The molecule has 1 N–H and O–H groups in total. The molecular formula is C9H12NNaS. The Morgan fingerprint density at radius 1 is 1.25 bits per heavy atom. The average Bonchev–Trinajstić information content (AvgIpc) is 1.93. The molecule has 0 atom stereocenters. The van der Waals surface area contributed by atoms with Crippen LogP contribution in [0.3, 0.4) is 0 Å². The van der Waals surface area contributed by atoms with E-state index in [1.165, 1.54) is 0 Å². The molecule has 0 radical (unpaired) electrons. The molecular weight excluding hydrogens is 177 g/mol. The number of benzene rings is 1. The summed E-state index contributed by atoms with van der Waals surface area (Å²) < 4.78 is 0. The van der Waals surface area contributed by atoms with Crippen LogP contribution in [0.2, 0.25) is 0 Å². The Morgan fingerprint density at radius 3 is 2.33 bits per heavy atom. The summed E-state index contributed by atoms with van der Waals surface area (Å²) in [7, 11) is 0. The maximum Gasteiger partial charge on any atom is 1.00 e. The van der Waals surface area contributed by atoms with Crippen LogP contribution in [-0.2, 0) is 12.6 Å². The van der Waals surface area contributed by atoms with E-state index in [0.29, 0.717) is 6.04 Å². The molecule has 0 aliphatic rings. The molecule has 0 spiro atoms. The molecule has 0 aliphatic heterocycles. The zero-order valence-corrected chi connectivity index (χ0v) is 10.6. The molecule has 3 heteroatoms. The van der Waals surface area contributed by atoms with Gasteiger partial charge in [0.25, 0.3) is 0 Å². The Kier molecular flexibility index (Phi) is 5.93. The number of anilines is 1. The number of hydrogen-bond acceptors (Lipinski definition) is 2. The molecule has 0 aliphatic carbocycles. The van der Waals surface area contributed by atoms with Crippen molar-refractivity contribution in [1.82, 2.24) is 0 Å². The molecule has 1 rings (SSSR count). The number of rotatable bonds is 2. The molecule has 0 fully saturated rings. The van der Waals surface area contributed by atoms with Gasteiger partial charge in [0, 0.05) is 11.7 Å². The molecule has 0 amide bonds. The Hall–Kier alpha value is 0.240. The quantitative estimate of drug-likeness (QED) is 0.493. The second-order valence-electron chi connectivity index (χ2n) is 2.80. The third-order valence-corrected chi connectivity index (χ3v) is 1.69. The topological polar surface area (TPSA) is 12.0 Å². The van der Waals surface area contributed by atoms with Crippen molar-refractivity contribution in [3.05, 3.63) is 24.3 Å². The standard InChI is InChI=1S/C9H13NS.Na/c1-7(2)10-8-5-3-4-6-9(8)11;/h3-7,10-11H,1-2H3;/q;+1/p-1. The van der Waals surface area contributed by atoms with E-state index in [1.807, 2.05) is 24.3 Å². The summed E-state index contributed by atoms with van der Waals surface area (Å²) in [5.74, 6) is 0. The molecule has 1 nitrogen and oxygen atoms in total. The van der Waals surface area contributed by atoms with Gasteiger partial charge in [0.15, 0.2) is 0 Å². The minimum atomic E-state index is 0. The van der Waals surface area contributed by atoms with Crippen molar-refractivity contribution in [2.45, 2.75) is 24.8 Å². The fourth-order valence-corrected chi connectivity index (χ4v) is 1.10. The molecule has 1 aromatic carbocycles. The smallest absolute Gasteiger partial charge is 0.778 e. The maximum absolute atomic E-state index is 5.11. The van der Waals surface area contributed by atoms with Gasteiger partial charge in [0.05, 0.1) is 0 Å². The van der Waals surface area contributed by atoms with Crippen molar-refractivity contribution in [2.24, 2.45) is 0 Å². The Morgan fingerprint density at radius 2 is 1.83 bits per heavy atom. The zero-order valence-electron chi connectivity index (χ0n) is 7.79. The van der Waals surface area contributed by atoms with Crippen molar-refractivity contribution in [3.8, 4) is 0 Å². The first-order chi connectivity index (χ1) is 5.20. The van der Waals surface area contributed by atoms with Crippen molar-refractivity contribution in [3.63, 3.8) is 0 Å². The van der Waals surface area contributed by atoms with E-state index in [4.69, 9.17) is 12.6 Å². The summed E-state index contributed by atoms with van der Waals surface area (Å²) in [5, 5.41) is 3.27. The van der Waals surface area contributed by atoms with Crippen LogP contribution in [-0.4, -0.2) is 6.04 Å². The summed E-state index contributed by atoms with van der Waals surface area (Å²) in [6.45, 7) is 4.20. The van der Waals surface area contributed by atoms with E-state index in [-0.39, 0.29) is 29.6 Å². The summed E-state index contributed by atoms with van der Waals surface area (Å²) in [4.78, 5) is 0.890. The zero-order chi connectivity index (χ0) is 8.27. The van der Waals surface area contributed by atoms with Crippen LogP contribution in [0.15, 0.2) is 29.2 Å². The maximum atomic E-state index is 5.11. The summed E-state index contributed by atoms with van der Waals surface area (Å²) in [6, 6.07) is 8.32. The third kappa shape index (κ3) is 3.76. The molecule has 0 saturated carbocycles. The average molecular weight is 189 g/mol. The van der Waals surface area contributed by atoms with Gasteiger partial charge in [-0.25, -0.2) is 0 Å². The molecule has 0 bridgehead atoms. The van der Waals surface area contributed by atoms with Gasteiger partial charge in [-0.15, -0.1) is 0 Å². The fraction of sp³-hybridized carbons (Fsp3) is 0.333. The van der Waals surface area contributed by atoms with E-state index >= 15 is 0 Å². The van der Waals surface area contributed by atoms with Crippen molar-refractivity contribution in [2.75, 3.05) is 5.32 Å². The minimum Gasteiger partial charge on any atom is -0.778 e. The van der Waals surface area contributed by atoms with E-state index in [1.54, 1.807) is 0 Å². The predicted molar refractivity (Wildman–Crippen MR) is 50.8 cm³/mol. The van der Waals surface area contributed by atoms with Crippen LogP contribution in [0.5, 0.6) is 0 Å². The van der Waals surface area contributed by atoms with Gasteiger partial charge in [-0.3, -0.25) is 0 Å². The SMILES string of the molecule is CC(C)Nc1ccccc1[S-].[Na+]. The van der Waals surface area contributed by atoms with Crippen molar-refractivity contribution in [1.29, 1.82) is 0 Å². The first-order valence-corrected chi connectivity index (χ1v) is 4.13. The molecule has 0 aromatic heterocycles. The fourth-order valence-electron chi connectivity index (χ4n) is 0.897. The van der Waals surface area contributed by atoms with E-state index < -0.39 is 0 Å². The molecule has 0 saturated heterocycles. The van der Waals surface area contributed by atoms with E-state index in [2.05, 4.69) is 19.2 Å². The second-order valence-corrected chi connectivity index (χ2v) is 3.24. The van der Waals surface area contributed by atoms with E-state index in [0.717, 1.165) is 10.6 Å². The van der Waals surface area contributed by atoms with Crippen LogP contribution in [0, 0.1) is 0 Å². The number of para-hydroxylation sites is 1. The molecule has 12 heavy (non-hydrogen) atoms. The third-order valence-electron chi connectivity index (χ3n) is 1.33. The molecule has 1 aromatic rings. The largest absolute Gasteiger partial charge is 1.00 e. The van der Waals surface area contributed by atoms with Gasteiger partial charge in [-0.1, -0.05) is 18.2 Å². The molecule has 0 heterocycles. The van der Waals surface area contributed by atoms with Gasteiger partial charge < -0.3 is 17.9 Å². The Balaban J connectivity index is 0.00000121. The predicted octanol–water partition coefficient (Wildman–Crippen LogP) is -0.583. The normalized spacial score (nSPS) is 9.25. The van der Waals surface area contributed by atoms with Crippen LogP contribution >= 0.6 is 0 Å². The van der Waals surface area contributed by atoms with Gasteiger partial charge in [0.2, 0.25) is 0 Å². The minimum absolute atomic E-state index is 0. The Bertz CT molecular complexity index is 238. The monoisotopic (exact) mass is 189 g/mol. The van der Waals surface area contributed by atoms with Crippen LogP contribution in [0.25, 0.3) is 0 Å². The summed E-state index contributed by atoms with van der Waals surface area (Å²) in [6.07, 6.45) is 0. The number of hydrogen-bond donors (Lipinski definition) is 1. The van der Waals surface area contributed by atoms with Gasteiger partial charge in [0.1, 0.15) is 0 Å². The second kappa shape index (κ2) is 5.81. The summed E-state index contributed by atoms with van der Waals surface area (Å²) >= 11 is 5.11. The molecule has 0 unspecified atom stereocenters. The van der Waals surface area contributed by atoms with Crippen molar-refractivity contribution < 1.29 is 29.6 Å². The van der Waals surface area contributed by atoms with Gasteiger partial charge in [-0.05, 0) is 19.9 Å². The van der Waals surface area contributed by atoms with Crippen molar-refractivity contribution >= 4 is 18.3 Å². The van der Waals surface area contributed by atoms with Gasteiger partial charge >= 0.3 is 29.6 Å².